The van der Waals surface area contributed by atoms with Crippen molar-refractivity contribution in [2.24, 2.45) is 5.92 Å². The molecule has 2 aromatic rings. The smallest absolute Gasteiger partial charge is 0.305 e. The van der Waals surface area contributed by atoms with Crippen LogP contribution in [0.4, 0.5) is 0 Å². The van der Waals surface area contributed by atoms with Gasteiger partial charge in [0.05, 0.1) is 6.42 Å². The molecule has 140 valence electrons. The molecule has 1 heterocycles. The summed E-state index contributed by atoms with van der Waals surface area (Å²) in [5.74, 6) is -1.07. The molecule has 2 aliphatic rings. The summed E-state index contributed by atoms with van der Waals surface area (Å²) in [5, 5.41) is 11.1. The van der Waals surface area contributed by atoms with Crippen LogP contribution in [0.15, 0.2) is 42.5 Å². The normalized spacial score (nSPS) is 20.1. The van der Waals surface area contributed by atoms with Gasteiger partial charge in [-0.05, 0) is 35.6 Å². The average Bonchev–Trinajstić information content (AvgIpc) is 3.48. The maximum Gasteiger partial charge on any atom is 0.305 e. The van der Waals surface area contributed by atoms with Gasteiger partial charge in [0.15, 0.2) is 0 Å². The second kappa shape index (κ2) is 7.02. The van der Waals surface area contributed by atoms with E-state index in [2.05, 4.69) is 0 Å². The number of hydrogen-bond donors (Lipinski definition) is 1. The van der Waals surface area contributed by atoms with E-state index in [1.807, 2.05) is 36.4 Å². The second-order valence-corrected chi connectivity index (χ2v) is 7.37. The number of nitrogens with zero attached hydrogens (tertiary/aromatic N) is 2. The molecular weight excluding hydrogens is 344 g/mol. The monoisotopic (exact) mass is 366 g/mol. The zero-order valence-electron chi connectivity index (χ0n) is 15.0. The third-order valence-electron chi connectivity index (χ3n) is 5.41. The van der Waals surface area contributed by atoms with E-state index in [0.717, 1.165) is 23.6 Å². The van der Waals surface area contributed by atoms with Crippen molar-refractivity contribution in [2.45, 2.75) is 25.3 Å². The van der Waals surface area contributed by atoms with Crippen molar-refractivity contribution in [2.75, 3.05) is 19.6 Å². The van der Waals surface area contributed by atoms with E-state index in [9.17, 15) is 19.5 Å². The van der Waals surface area contributed by atoms with Gasteiger partial charge in [0.1, 0.15) is 6.04 Å². The first-order valence-corrected chi connectivity index (χ1v) is 9.34. The molecule has 6 heteroatoms. The summed E-state index contributed by atoms with van der Waals surface area (Å²) >= 11 is 0. The zero-order valence-corrected chi connectivity index (χ0v) is 15.0. The first-order valence-electron chi connectivity index (χ1n) is 9.34. The number of benzene rings is 2. The topological polar surface area (TPSA) is 77.9 Å². The number of carboxylic acids is 1. The Kier molecular flexibility index (Phi) is 4.56. The molecule has 2 amide bonds. The standard InChI is InChI=1S/C21H22N2O4/c24-19(25)12-18-21(27)22(13-14-8-9-14)10-11-23(18)20(26)17-7-3-5-15-4-1-2-6-16(15)17/h1-7,14,18H,8-13H2,(H,24,25). The van der Waals surface area contributed by atoms with Gasteiger partial charge >= 0.3 is 5.97 Å². The van der Waals surface area contributed by atoms with Crippen LogP contribution in [0, 0.1) is 5.92 Å². The fraction of sp³-hybridized carbons (Fsp3) is 0.381. The van der Waals surface area contributed by atoms with Crippen molar-refractivity contribution in [1.29, 1.82) is 0 Å². The molecule has 1 saturated carbocycles. The minimum atomic E-state index is -1.07. The van der Waals surface area contributed by atoms with Crippen molar-refractivity contribution in [3.63, 3.8) is 0 Å². The number of piperazine rings is 1. The van der Waals surface area contributed by atoms with E-state index in [0.29, 0.717) is 31.1 Å². The minimum absolute atomic E-state index is 0.246. The van der Waals surface area contributed by atoms with Crippen LogP contribution in [0.2, 0.25) is 0 Å². The summed E-state index contributed by atoms with van der Waals surface area (Å²) in [6.45, 7) is 1.49. The highest BCUT2D eigenvalue weighted by Gasteiger charge is 2.40. The van der Waals surface area contributed by atoms with Gasteiger partial charge in [-0.2, -0.15) is 0 Å². The molecule has 1 aliphatic heterocycles. The van der Waals surface area contributed by atoms with Gasteiger partial charge in [0, 0.05) is 25.2 Å². The summed E-state index contributed by atoms with van der Waals surface area (Å²) in [6, 6.07) is 12.1. The van der Waals surface area contributed by atoms with Crippen LogP contribution >= 0.6 is 0 Å². The number of hydrogen-bond acceptors (Lipinski definition) is 3. The number of aliphatic carboxylic acids is 1. The summed E-state index contributed by atoms with van der Waals surface area (Å²) in [5.41, 5.74) is 0.506. The van der Waals surface area contributed by atoms with E-state index in [-0.39, 0.29) is 18.2 Å². The average molecular weight is 366 g/mol. The van der Waals surface area contributed by atoms with Gasteiger partial charge in [-0.25, -0.2) is 0 Å². The van der Waals surface area contributed by atoms with E-state index in [4.69, 9.17) is 0 Å². The predicted molar refractivity (Wildman–Crippen MR) is 100 cm³/mol. The van der Waals surface area contributed by atoms with Crippen molar-refractivity contribution < 1.29 is 19.5 Å². The Morgan fingerprint density at radius 1 is 1.04 bits per heavy atom. The SMILES string of the molecule is O=C(O)CC1C(=O)N(CC2CC2)CCN1C(=O)c1cccc2ccccc12. The molecule has 0 spiro atoms. The molecular formula is C21H22N2O4. The van der Waals surface area contributed by atoms with E-state index >= 15 is 0 Å². The molecule has 2 fully saturated rings. The lowest BCUT2D eigenvalue weighted by Crippen LogP contribution is -2.59. The largest absolute Gasteiger partial charge is 0.481 e. The number of fused-ring (bicyclic) bond motifs is 1. The Morgan fingerprint density at radius 2 is 1.78 bits per heavy atom. The van der Waals surface area contributed by atoms with E-state index in [1.165, 1.54) is 4.90 Å². The highest BCUT2D eigenvalue weighted by atomic mass is 16.4. The molecule has 0 bridgehead atoms. The molecule has 4 rings (SSSR count). The number of rotatable bonds is 5. The Bertz CT molecular complexity index is 901. The molecule has 0 radical (unpaired) electrons. The van der Waals surface area contributed by atoms with Gasteiger partial charge < -0.3 is 14.9 Å². The molecule has 0 aromatic heterocycles. The zero-order chi connectivity index (χ0) is 19.0. The highest BCUT2D eigenvalue weighted by Crippen LogP contribution is 2.31. The molecule has 6 nitrogen and oxygen atoms in total. The number of carbonyl (C=O) groups excluding carboxylic acids is 2. The fourth-order valence-electron chi connectivity index (χ4n) is 3.80. The molecule has 1 N–H and O–H groups in total. The van der Waals surface area contributed by atoms with Crippen molar-refractivity contribution in [3.05, 3.63) is 48.0 Å². The van der Waals surface area contributed by atoms with Crippen molar-refractivity contribution in [3.8, 4) is 0 Å². The predicted octanol–water partition coefficient (Wildman–Crippen LogP) is 2.38. The molecule has 27 heavy (non-hydrogen) atoms. The molecule has 1 unspecified atom stereocenters. The second-order valence-electron chi connectivity index (χ2n) is 7.37. The van der Waals surface area contributed by atoms with E-state index in [1.54, 1.807) is 11.0 Å². The van der Waals surface area contributed by atoms with Gasteiger partial charge in [0.2, 0.25) is 5.91 Å². The third kappa shape index (κ3) is 3.52. The van der Waals surface area contributed by atoms with Crippen LogP contribution < -0.4 is 0 Å². The summed E-state index contributed by atoms with van der Waals surface area (Å²) in [6.07, 6.45) is 1.87. The highest BCUT2D eigenvalue weighted by molar-refractivity contribution is 6.08. The first kappa shape index (κ1) is 17.5. The van der Waals surface area contributed by atoms with Gasteiger partial charge in [-0.3, -0.25) is 14.4 Å². The molecule has 1 atom stereocenters. The number of carbonyl (C=O) groups is 3. The molecule has 1 saturated heterocycles. The fourth-order valence-corrected chi connectivity index (χ4v) is 3.80. The summed E-state index contributed by atoms with van der Waals surface area (Å²) in [7, 11) is 0. The van der Waals surface area contributed by atoms with Crippen molar-refractivity contribution >= 4 is 28.6 Å². The number of amides is 2. The lowest BCUT2D eigenvalue weighted by Gasteiger charge is -2.40. The molecule has 2 aromatic carbocycles. The summed E-state index contributed by atoms with van der Waals surface area (Å²) < 4.78 is 0. The van der Waals surface area contributed by atoms with Crippen LogP contribution in [-0.4, -0.2) is 58.4 Å². The Labute approximate surface area is 157 Å². The van der Waals surface area contributed by atoms with Crippen LogP contribution in [0.25, 0.3) is 10.8 Å². The van der Waals surface area contributed by atoms with Crippen LogP contribution in [0.3, 0.4) is 0 Å². The Morgan fingerprint density at radius 3 is 2.52 bits per heavy atom. The Hall–Kier alpha value is -2.89. The van der Waals surface area contributed by atoms with E-state index < -0.39 is 12.0 Å². The first-order chi connectivity index (χ1) is 13.0. The van der Waals surface area contributed by atoms with Crippen molar-refractivity contribution in [1.82, 2.24) is 9.80 Å². The summed E-state index contributed by atoms with van der Waals surface area (Å²) in [4.78, 5) is 40.7. The lowest BCUT2D eigenvalue weighted by molar-refractivity contribution is -0.148. The van der Waals surface area contributed by atoms with Crippen LogP contribution in [0.1, 0.15) is 29.6 Å². The third-order valence-corrected chi connectivity index (χ3v) is 5.41. The van der Waals surface area contributed by atoms with Crippen LogP contribution in [-0.2, 0) is 9.59 Å². The quantitative estimate of drug-likeness (QED) is 0.881. The minimum Gasteiger partial charge on any atom is -0.481 e. The maximum absolute atomic E-state index is 13.3. The van der Waals surface area contributed by atoms with Gasteiger partial charge in [0.25, 0.3) is 5.91 Å². The Balaban J connectivity index is 1.64. The van der Waals surface area contributed by atoms with Gasteiger partial charge in [-0.15, -0.1) is 0 Å². The van der Waals surface area contributed by atoms with Gasteiger partial charge in [-0.1, -0.05) is 36.4 Å². The lowest BCUT2D eigenvalue weighted by atomic mass is 10.0. The molecule has 1 aliphatic carbocycles. The van der Waals surface area contributed by atoms with Crippen LogP contribution in [0.5, 0.6) is 0 Å². The number of carboxylic acid groups (broad SMARTS) is 1. The maximum atomic E-state index is 13.3.